The molecule has 0 atom stereocenters. The van der Waals surface area contributed by atoms with Crippen LogP contribution in [0, 0.1) is 0 Å². The predicted molar refractivity (Wildman–Crippen MR) is 80.6 cm³/mol. The van der Waals surface area contributed by atoms with E-state index < -0.39 is 0 Å². The van der Waals surface area contributed by atoms with Crippen LogP contribution in [-0.4, -0.2) is 43.3 Å². The van der Waals surface area contributed by atoms with E-state index in [1.54, 1.807) is 7.11 Å². The van der Waals surface area contributed by atoms with Gasteiger partial charge in [-0.1, -0.05) is 18.2 Å². The number of hydrogen-bond acceptors (Lipinski definition) is 3. The number of nitrogens with zero attached hydrogens (tertiary/aromatic N) is 1. The van der Waals surface area contributed by atoms with Crippen LogP contribution >= 0.6 is 0 Å². The molecular formula is C16H26N2O. The summed E-state index contributed by atoms with van der Waals surface area (Å²) < 4.78 is 5.47. The van der Waals surface area contributed by atoms with Crippen LogP contribution in [-0.2, 0) is 4.74 Å². The second-order valence-electron chi connectivity index (χ2n) is 5.83. The molecule has 0 amide bonds. The van der Waals surface area contributed by atoms with Gasteiger partial charge in [-0.2, -0.15) is 0 Å². The second-order valence-corrected chi connectivity index (χ2v) is 5.83. The van der Waals surface area contributed by atoms with Crippen LogP contribution in [0.25, 0.3) is 0 Å². The van der Waals surface area contributed by atoms with Crippen molar-refractivity contribution >= 4 is 5.69 Å². The molecule has 1 aromatic rings. The summed E-state index contributed by atoms with van der Waals surface area (Å²) in [7, 11) is 1.79. The number of likely N-dealkylation sites (tertiary alicyclic amines) is 1. The van der Waals surface area contributed by atoms with Crippen molar-refractivity contribution in [2.24, 2.45) is 0 Å². The lowest BCUT2D eigenvalue weighted by atomic mass is 9.87. The number of hydrogen-bond donors (Lipinski definition) is 1. The molecule has 0 radical (unpaired) electrons. The summed E-state index contributed by atoms with van der Waals surface area (Å²) in [5.74, 6) is 0. The van der Waals surface area contributed by atoms with Crippen molar-refractivity contribution in [3.05, 3.63) is 30.3 Å². The number of benzene rings is 1. The molecule has 0 unspecified atom stereocenters. The minimum absolute atomic E-state index is 0.0848. The zero-order valence-electron chi connectivity index (χ0n) is 12.4. The third kappa shape index (κ3) is 3.71. The predicted octanol–water partition coefficient (Wildman–Crippen LogP) is 2.99. The van der Waals surface area contributed by atoms with E-state index in [4.69, 9.17) is 4.74 Å². The van der Waals surface area contributed by atoms with Gasteiger partial charge in [-0.05, 0) is 38.8 Å². The SMILES string of the molecule is COCC1(Nc2ccccc2)CCN(C(C)C)CC1. The molecule has 1 heterocycles. The van der Waals surface area contributed by atoms with Gasteiger partial charge in [0, 0.05) is 31.9 Å². The molecule has 1 fully saturated rings. The molecule has 1 aliphatic rings. The van der Waals surface area contributed by atoms with Crippen molar-refractivity contribution in [1.82, 2.24) is 4.90 Å². The van der Waals surface area contributed by atoms with Crippen LogP contribution in [0.5, 0.6) is 0 Å². The number of methoxy groups -OCH3 is 1. The number of ether oxygens (including phenoxy) is 1. The molecule has 3 heteroatoms. The van der Waals surface area contributed by atoms with Gasteiger partial charge in [0.25, 0.3) is 0 Å². The van der Waals surface area contributed by atoms with Gasteiger partial charge < -0.3 is 15.0 Å². The Bertz CT molecular complexity index is 370. The maximum atomic E-state index is 5.47. The molecule has 0 bridgehead atoms. The van der Waals surface area contributed by atoms with Crippen molar-refractivity contribution in [2.45, 2.75) is 38.3 Å². The van der Waals surface area contributed by atoms with Gasteiger partial charge in [0.05, 0.1) is 12.1 Å². The minimum Gasteiger partial charge on any atom is -0.382 e. The summed E-state index contributed by atoms with van der Waals surface area (Å²) in [5.41, 5.74) is 1.28. The highest BCUT2D eigenvalue weighted by atomic mass is 16.5. The minimum atomic E-state index is 0.0848. The van der Waals surface area contributed by atoms with Crippen LogP contribution in [0.3, 0.4) is 0 Å². The third-order valence-corrected chi connectivity index (χ3v) is 4.09. The summed E-state index contributed by atoms with van der Waals surface area (Å²) in [6.07, 6.45) is 2.27. The molecule has 2 rings (SSSR count). The lowest BCUT2D eigenvalue weighted by Crippen LogP contribution is -2.53. The Labute approximate surface area is 116 Å². The summed E-state index contributed by atoms with van der Waals surface area (Å²) in [4.78, 5) is 2.54. The van der Waals surface area contributed by atoms with Gasteiger partial charge in [0.15, 0.2) is 0 Å². The highest BCUT2D eigenvalue weighted by Gasteiger charge is 2.35. The maximum Gasteiger partial charge on any atom is 0.0693 e. The summed E-state index contributed by atoms with van der Waals surface area (Å²) in [6.45, 7) is 7.59. The van der Waals surface area contributed by atoms with E-state index in [0.717, 1.165) is 32.5 Å². The van der Waals surface area contributed by atoms with Crippen molar-refractivity contribution in [1.29, 1.82) is 0 Å². The average molecular weight is 262 g/mol. The van der Waals surface area contributed by atoms with Gasteiger partial charge in [-0.3, -0.25) is 0 Å². The fourth-order valence-corrected chi connectivity index (χ4v) is 2.88. The molecular weight excluding hydrogens is 236 g/mol. The van der Waals surface area contributed by atoms with Gasteiger partial charge in [-0.15, -0.1) is 0 Å². The first kappa shape index (κ1) is 14.4. The van der Waals surface area contributed by atoms with Crippen molar-refractivity contribution in [3.63, 3.8) is 0 Å². The van der Waals surface area contributed by atoms with Gasteiger partial charge in [-0.25, -0.2) is 0 Å². The second kappa shape index (κ2) is 6.40. The zero-order chi connectivity index (χ0) is 13.7. The van der Waals surface area contributed by atoms with Crippen molar-refractivity contribution in [2.75, 3.05) is 32.1 Å². The van der Waals surface area contributed by atoms with E-state index in [1.165, 1.54) is 5.69 Å². The topological polar surface area (TPSA) is 24.5 Å². The lowest BCUT2D eigenvalue weighted by Gasteiger charge is -2.44. The number of piperidine rings is 1. The number of para-hydroxylation sites is 1. The molecule has 1 aromatic carbocycles. The van der Waals surface area contributed by atoms with E-state index in [-0.39, 0.29) is 5.54 Å². The summed E-state index contributed by atoms with van der Waals surface area (Å²) in [6, 6.07) is 11.1. The lowest BCUT2D eigenvalue weighted by molar-refractivity contribution is 0.0770. The Hall–Kier alpha value is -1.06. The fraction of sp³-hybridized carbons (Fsp3) is 0.625. The first-order valence-corrected chi connectivity index (χ1v) is 7.21. The Balaban J connectivity index is 2.03. The smallest absolute Gasteiger partial charge is 0.0693 e. The molecule has 19 heavy (non-hydrogen) atoms. The first-order valence-electron chi connectivity index (χ1n) is 7.21. The largest absolute Gasteiger partial charge is 0.382 e. The molecule has 0 saturated carbocycles. The molecule has 106 valence electrons. The average Bonchev–Trinajstić information content (AvgIpc) is 2.40. The van der Waals surface area contributed by atoms with E-state index in [1.807, 2.05) is 0 Å². The van der Waals surface area contributed by atoms with E-state index in [0.29, 0.717) is 6.04 Å². The molecule has 0 aliphatic carbocycles. The number of rotatable bonds is 5. The van der Waals surface area contributed by atoms with E-state index in [9.17, 15) is 0 Å². The quantitative estimate of drug-likeness (QED) is 0.883. The van der Waals surface area contributed by atoms with E-state index in [2.05, 4.69) is 54.4 Å². The van der Waals surface area contributed by atoms with Crippen molar-refractivity contribution in [3.8, 4) is 0 Å². The van der Waals surface area contributed by atoms with Gasteiger partial charge in [0.1, 0.15) is 0 Å². The number of anilines is 1. The van der Waals surface area contributed by atoms with Crippen LogP contribution in [0.15, 0.2) is 30.3 Å². The van der Waals surface area contributed by atoms with Crippen LogP contribution in [0.1, 0.15) is 26.7 Å². The van der Waals surface area contributed by atoms with Gasteiger partial charge >= 0.3 is 0 Å². The molecule has 0 spiro atoms. The fourth-order valence-electron chi connectivity index (χ4n) is 2.88. The first-order chi connectivity index (χ1) is 9.15. The Kier molecular flexibility index (Phi) is 4.83. The number of nitrogens with one attached hydrogen (secondary N) is 1. The monoisotopic (exact) mass is 262 g/mol. The van der Waals surface area contributed by atoms with Crippen molar-refractivity contribution < 1.29 is 4.74 Å². The molecule has 3 nitrogen and oxygen atoms in total. The molecule has 0 aromatic heterocycles. The molecule has 1 saturated heterocycles. The normalized spacial score (nSPS) is 19.6. The third-order valence-electron chi connectivity index (χ3n) is 4.09. The van der Waals surface area contributed by atoms with Crippen LogP contribution in [0.4, 0.5) is 5.69 Å². The Morgan fingerprint density at radius 1 is 1.21 bits per heavy atom. The standard InChI is InChI=1S/C16H26N2O/c1-14(2)18-11-9-16(10-12-18,13-19-3)17-15-7-5-4-6-8-15/h4-8,14,17H,9-13H2,1-3H3. The van der Waals surface area contributed by atoms with Crippen LogP contribution < -0.4 is 5.32 Å². The maximum absolute atomic E-state index is 5.47. The summed E-state index contributed by atoms with van der Waals surface area (Å²) in [5, 5.41) is 3.70. The molecule has 1 N–H and O–H groups in total. The zero-order valence-corrected chi connectivity index (χ0v) is 12.4. The Morgan fingerprint density at radius 3 is 2.37 bits per heavy atom. The van der Waals surface area contributed by atoms with Crippen LogP contribution in [0.2, 0.25) is 0 Å². The highest BCUT2D eigenvalue weighted by molar-refractivity contribution is 5.45. The Morgan fingerprint density at radius 2 is 1.84 bits per heavy atom. The molecule has 1 aliphatic heterocycles. The summed E-state index contributed by atoms with van der Waals surface area (Å²) >= 11 is 0. The van der Waals surface area contributed by atoms with E-state index >= 15 is 0 Å². The van der Waals surface area contributed by atoms with Gasteiger partial charge in [0.2, 0.25) is 0 Å². The highest BCUT2D eigenvalue weighted by Crippen LogP contribution is 2.28.